The largest absolute Gasteiger partial charge is 0.486 e. The number of ether oxygens (including phenoxy) is 1. The van der Waals surface area contributed by atoms with Crippen molar-refractivity contribution >= 4 is 5.82 Å². The van der Waals surface area contributed by atoms with Gasteiger partial charge in [-0.15, -0.1) is 0 Å². The van der Waals surface area contributed by atoms with Crippen LogP contribution in [0.4, 0.5) is 5.82 Å². The topological polar surface area (TPSA) is 100 Å². The first-order chi connectivity index (χ1) is 20.2. The minimum atomic E-state index is 0.192. The summed E-state index contributed by atoms with van der Waals surface area (Å²) in [6.07, 6.45) is 7.17. The molecule has 1 N–H and O–H groups in total. The number of rotatable bonds is 6. The van der Waals surface area contributed by atoms with Crippen molar-refractivity contribution in [1.82, 2.24) is 19.9 Å². The molecule has 0 aliphatic carbocycles. The van der Waals surface area contributed by atoms with Crippen LogP contribution in [0.1, 0.15) is 29.8 Å². The number of anilines is 1. The maximum Gasteiger partial charge on any atom is 0.234 e. The van der Waals surface area contributed by atoms with Gasteiger partial charge >= 0.3 is 0 Å². The Kier molecular flexibility index (Phi) is 6.63. The first kappa shape index (κ1) is 25.0. The Morgan fingerprint density at radius 1 is 0.927 bits per heavy atom. The minimum absolute atomic E-state index is 0.192. The summed E-state index contributed by atoms with van der Waals surface area (Å²) in [6, 6.07) is 25.2. The predicted octanol–water partition coefficient (Wildman–Crippen LogP) is 6.31. The lowest BCUT2D eigenvalue weighted by molar-refractivity contribution is 0.211. The molecule has 8 heteroatoms. The van der Waals surface area contributed by atoms with E-state index in [1.807, 2.05) is 24.3 Å². The van der Waals surface area contributed by atoms with Gasteiger partial charge in [0.15, 0.2) is 0 Å². The van der Waals surface area contributed by atoms with Crippen LogP contribution >= 0.6 is 0 Å². The molecule has 41 heavy (non-hydrogen) atoms. The second-order valence-electron chi connectivity index (χ2n) is 10.4. The molecule has 0 spiro atoms. The molecule has 5 aromatic rings. The molecule has 8 nitrogen and oxygen atoms in total. The van der Waals surface area contributed by atoms with E-state index < -0.39 is 0 Å². The first-order valence-corrected chi connectivity index (χ1v) is 13.8. The van der Waals surface area contributed by atoms with E-state index in [9.17, 15) is 0 Å². The number of hydrogen-bond donors (Lipinski definition) is 1. The average molecular weight is 541 g/mol. The maximum atomic E-state index is 9.04. The van der Waals surface area contributed by atoms with E-state index in [0.717, 1.165) is 77.6 Å². The molecule has 2 aromatic carbocycles. The van der Waals surface area contributed by atoms with Crippen molar-refractivity contribution in [3.63, 3.8) is 0 Å². The van der Waals surface area contributed by atoms with Gasteiger partial charge in [0, 0.05) is 54.8 Å². The summed E-state index contributed by atoms with van der Waals surface area (Å²) < 4.78 is 12.7. The number of piperidine rings is 1. The maximum absolute atomic E-state index is 9.04. The summed E-state index contributed by atoms with van der Waals surface area (Å²) in [5, 5.41) is 12.5. The van der Waals surface area contributed by atoms with Crippen LogP contribution in [0.25, 0.3) is 33.8 Å². The van der Waals surface area contributed by atoms with Gasteiger partial charge in [-0.2, -0.15) is 5.26 Å². The van der Waals surface area contributed by atoms with E-state index >= 15 is 0 Å². The second kappa shape index (κ2) is 10.9. The van der Waals surface area contributed by atoms with Gasteiger partial charge in [0.1, 0.15) is 35.8 Å². The van der Waals surface area contributed by atoms with Crippen LogP contribution in [0.3, 0.4) is 0 Å². The normalized spacial score (nSPS) is 14.9. The zero-order valence-corrected chi connectivity index (χ0v) is 22.5. The molecule has 7 rings (SSSR count). The molecule has 0 atom stereocenters. The summed E-state index contributed by atoms with van der Waals surface area (Å²) in [5.41, 5.74) is 6.51. The van der Waals surface area contributed by atoms with Crippen LogP contribution < -0.4 is 10.1 Å². The molecule has 1 saturated heterocycles. The number of nitriles is 1. The molecule has 0 bridgehead atoms. The van der Waals surface area contributed by atoms with Crippen molar-refractivity contribution in [2.45, 2.75) is 32.0 Å². The summed E-state index contributed by atoms with van der Waals surface area (Å²) in [6.45, 7) is 3.33. The van der Waals surface area contributed by atoms with E-state index in [4.69, 9.17) is 14.4 Å². The van der Waals surface area contributed by atoms with E-state index in [2.05, 4.69) is 73.7 Å². The lowest BCUT2D eigenvalue weighted by Crippen LogP contribution is -2.38. The molecule has 5 heterocycles. The van der Waals surface area contributed by atoms with Crippen molar-refractivity contribution in [3.8, 4) is 45.6 Å². The van der Waals surface area contributed by atoms with E-state index in [-0.39, 0.29) is 5.82 Å². The van der Waals surface area contributed by atoms with Gasteiger partial charge in [-0.3, -0.25) is 9.88 Å². The molecule has 3 aromatic heterocycles. The highest BCUT2D eigenvalue weighted by Crippen LogP contribution is 2.47. The number of likely N-dealkylation sites (tertiary alicyclic amines) is 1. The lowest BCUT2D eigenvalue weighted by Gasteiger charge is -2.32. The summed E-state index contributed by atoms with van der Waals surface area (Å²) in [5.74, 6) is 3.37. The Bertz CT molecular complexity index is 1720. The highest BCUT2D eigenvalue weighted by Gasteiger charge is 2.29. The molecule has 2 aliphatic rings. The van der Waals surface area contributed by atoms with Gasteiger partial charge in [0.05, 0.1) is 11.8 Å². The predicted molar refractivity (Wildman–Crippen MR) is 156 cm³/mol. The van der Waals surface area contributed by atoms with Crippen LogP contribution in [-0.2, 0) is 13.2 Å². The SMILES string of the molecule is N#Cc1nccc(NC2CCN(Cc3ccc(-c4oc5c(c4-c4ccccc4)COc4cnccc4-5)cc3)CC2)n1. The fraction of sp³-hybridized carbons (Fsp3) is 0.212. The average Bonchev–Trinajstić information content (AvgIpc) is 3.43. The van der Waals surface area contributed by atoms with Gasteiger partial charge in [0.25, 0.3) is 0 Å². The lowest BCUT2D eigenvalue weighted by atomic mass is 9.95. The highest BCUT2D eigenvalue weighted by atomic mass is 16.5. The van der Waals surface area contributed by atoms with Crippen LogP contribution in [-0.4, -0.2) is 39.0 Å². The second-order valence-corrected chi connectivity index (χ2v) is 10.4. The number of nitrogens with zero attached hydrogens (tertiary/aromatic N) is 5. The third kappa shape index (κ3) is 5.04. The smallest absolute Gasteiger partial charge is 0.234 e. The number of benzene rings is 2. The molecule has 0 amide bonds. The monoisotopic (exact) mass is 540 g/mol. The quantitative estimate of drug-likeness (QED) is 0.268. The Balaban J connectivity index is 1.08. The number of aromatic nitrogens is 3. The number of hydrogen-bond acceptors (Lipinski definition) is 8. The fourth-order valence-electron chi connectivity index (χ4n) is 5.72. The van der Waals surface area contributed by atoms with E-state index in [1.54, 1.807) is 18.6 Å². The molecule has 1 fully saturated rings. The number of pyridine rings is 1. The van der Waals surface area contributed by atoms with Crippen molar-refractivity contribution in [1.29, 1.82) is 5.26 Å². The minimum Gasteiger partial charge on any atom is -0.486 e. The number of fused-ring (bicyclic) bond motifs is 3. The third-order valence-electron chi connectivity index (χ3n) is 7.79. The summed E-state index contributed by atoms with van der Waals surface area (Å²) in [7, 11) is 0. The number of furan rings is 1. The third-order valence-corrected chi connectivity index (χ3v) is 7.79. The Morgan fingerprint density at radius 3 is 2.56 bits per heavy atom. The zero-order valence-electron chi connectivity index (χ0n) is 22.5. The van der Waals surface area contributed by atoms with Crippen LogP contribution in [0, 0.1) is 11.3 Å². The molecule has 202 valence electrons. The molecular formula is C33H28N6O2. The molecule has 0 unspecified atom stereocenters. The van der Waals surface area contributed by atoms with Crippen molar-refractivity contribution < 1.29 is 9.15 Å². The van der Waals surface area contributed by atoms with E-state index in [0.29, 0.717) is 18.5 Å². The molecular weight excluding hydrogens is 512 g/mol. The van der Waals surface area contributed by atoms with Crippen molar-refractivity contribution in [3.05, 3.63) is 102 Å². The van der Waals surface area contributed by atoms with Gasteiger partial charge < -0.3 is 14.5 Å². The molecule has 0 radical (unpaired) electrons. The van der Waals surface area contributed by atoms with Gasteiger partial charge in [-0.1, -0.05) is 54.6 Å². The Labute approximate surface area is 238 Å². The van der Waals surface area contributed by atoms with E-state index in [1.165, 1.54) is 5.56 Å². The number of nitrogens with one attached hydrogen (secondary N) is 1. The van der Waals surface area contributed by atoms with Crippen LogP contribution in [0.2, 0.25) is 0 Å². The van der Waals surface area contributed by atoms with Crippen LogP contribution in [0.5, 0.6) is 5.75 Å². The first-order valence-electron chi connectivity index (χ1n) is 13.8. The van der Waals surface area contributed by atoms with Crippen molar-refractivity contribution in [2.24, 2.45) is 0 Å². The van der Waals surface area contributed by atoms with Gasteiger partial charge in [-0.25, -0.2) is 9.97 Å². The van der Waals surface area contributed by atoms with Gasteiger partial charge in [0.2, 0.25) is 5.82 Å². The highest BCUT2D eigenvalue weighted by molar-refractivity contribution is 5.89. The molecule has 0 saturated carbocycles. The summed E-state index contributed by atoms with van der Waals surface area (Å²) >= 11 is 0. The van der Waals surface area contributed by atoms with Crippen LogP contribution in [0.15, 0.2) is 89.7 Å². The Hall–Kier alpha value is -5.00. The van der Waals surface area contributed by atoms with Crippen molar-refractivity contribution in [2.75, 3.05) is 18.4 Å². The zero-order chi connectivity index (χ0) is 27.6. The standard InChI is InChI=1S/C33H28N6O2/c34-18-30-36-15-11-29(38-30)37-25-12-16-39(17-13-25)20-22-6-8-24(9-7-22)32-31(23-4-2-1-3-5-23)27-21-40-28-19-35-14-10-26(28)33(27)41-32/h1-11,14-15,19,25H,12-13,16-17,20-21H2,(H,36,37,38). The molecule has 2 aliphatic heterocycles. The Morgan fingerprint density at radius 2 is 1.76 bits per heavy atom. The fourth-order valence-corrected chi connectivity index (χ4v) is 5.72. The summed E-state index contributed by atoms with van der Waals surface area (Å²) in [4.78, 5) is 14.9. The van der Waals surface area contributed by atoms with Gasteiger partial charge in [-0.05, 0) is 36.1 Å².